The number of para-hydroxylation sites is 1. The molecule has 31 heavy (non-hydrogen) atoms. The number of amides is 2. The number of carbonyl (C=O) groups is 2. The molecule has 3 aliphatic rings. The van der Waals surface area contributed by atoms with Crippen LogP contribution < -0.4 is 15.5 Å². The van der Waals surface area contributed by atoms with E-state index in [2.05, 4.69) is 38.6 Å². The van der Waals surface area contributed by atoms with Crippen LogP contribution in [0.5, 0.6) is 0 Å². The molecular weight excluding hydrogens is 392 g/mol. The fourth-order valence-corrected chi connectivity index (χ4v) is 5.43. The number of fused-ring (bicyclic) bond motifs is 1. The minimum absolute atomic E-state index is 0.189. The van der Waals surface area contributed by atoms with Crippen molar-refractivity contribution in [3.63, 3.8) is 0 Å². The second kappa shape index (κ2) is 8.59. The summed E-state index contributed by atoms with van der Waals surface area (Å²) in [6, 6.07) is 6.30. The number of aromatic nitrogens is 2. The number of piperazine rings is 1. The number of hydrogen-bond acceptors (Lipinski definition) is 6. The number of nitrogens with zero attached hydrogens (tertiary/aromatic N) is 4. The average molecular weight is 425 g/mol. The number of benzene rings is 1. The third-order valence-corrected chi connectivity index (χ3v) is 7.12. The number of aryl methyl sites for hydroxylation is 1. The summed E-state index contributed by atoms with van der Waals surface area (Å²) < 4.78 is 1.91. The summed E-state index contributed by atoms with van der Waals surface area (Å²) in [6.07, 6.45) is 3.31. The van der Waals surface area contributed by atoms with Crippen molar-refractivity contribution in [3.8, 4) is 0 Å². The van der Waals surface area contributed by atoms with E-state index < -0.39 is 0 Å². The Labute approximate surface area is 182 Å². The van der Waals surface area contributed by atoms with Gasteiger partial charge in [-0.3, -0.25) is 19.6 Å². The molecule has 2 amide bonds. The smallest absolute Gasteiger partial charge is 0.235 e. The lowest BCUT2D eigenvalue weighted by Crippen LogP contribution is -2.47. The molecule has 3 aliphatic heterocycles. The number of rotatable bonds is 4. The van der Waals surface area contributed by atoms with Crippen molar-refractivity contribution in [3.05, 3.63) is 23.9 Å². The van der Waals surface area contributed by atoms with E-state index in [9.17, 15) is 9.59 Å². The normalized spacial score (nSPS) is 24.0. The Balaban J connectivity index is 1.33. The number of carbonyl (C=O) groups excluding carboxylic acids is 2. The maximum absolute atomic E-state index is 12.4. The van der Waals surface area contributed by atoms with Crippen molar-refractivity contribution < 1.29 is 9.59 Å². The first-order valence-corrected chi connectivity index (χ1v) is 11.6. The summed E-state index contributed by atoms with van der Waals surface area (Å²) in [5, 5.41) is 11.7. The zero-order valence-corrected chi connectivity index (χ0v) is 18.3. The fourth-order valence-electron chi connectivity index (χ4n) is 5.43. The first kappa shape index (κ1) is 20.5. The first-order valence-electron chi connectivity index (χ1n) is 11.6. The predicted molar refractivity (Wildman–Crippen MR) is 120 cm³/mol. The molecule has 8 nitrogen and oxygen atoms in total. The van der Waals surface area contributed by atoms with Gasteiger partial charge >= 0.3 is 0 Å². The van der Waals surface area contributed by atoms with E-state index in [4.69, 9.17) is 5.10 Å². The molecule has 8 heteroatoms. The number of imide groups is 1. The van der Waals surface area contributed by atoms with Crippen LogP contribution in [0.2, 0.25) is 0 Å². The lowest BCUT2D eigenvalue weighted by Gasteiger charge is -2.37. The van der Waals surface area contributed by atoms with E-state index in [1.54, 1.807) is 0 Å². The summed E-state index contributed by atoms with van der Waals surface area (Å²) in [5.41, 5.74) is 3.08. The van der Waals surface area contributed by atoms with Gasteiger partial charge in [-0.1, -0.05) is 12.1 Å². The molecule has 0 radical (unpaired) electrons. The van der Waals surface area contributed by atoms with Crippen molar-refractivity contribution in [2.75, 3.05) is 50.7 Å². The molecule has 1 unspecified atom stereocenters. The molecule has 1 aromatic carbocycles. The summed E-state index contributed by atoms with van der Waals surface area (Å²) in [4.78, 5) is 29.1. The van der Waals surface area contributed by atoms with Crippen LogP contribution in [0.3, 0.4) is 0 Å². The molecule has 0 aliphatic carbocycles. The molecule has 2 aromatic rings. The summed E-state index contributed by atoms with van der Waals surface area (Å²) >= 11 is 0. The van der Waals surface area contributed by atoms with E-state index in [0.29, 0.717) is 12.8 Å². The van der Waals surface area contributed by atoms with Gasteiger partial charge in [0.1, 0.15) is 0 Å². The van der Waals surface area contributed by atoms with Crippen LogP contribution in [0, 0.1) is 5.92 Å². The van der Waals surface area contributed by atoms with Crippen LogP contribution >= 0.6 is 0 Å². The van der Waals surface area contributed by atoms with Crippen molar-refractivity contribution in [2.45, 2.75) is 31.6 Å². The lowest BCUT2D eigenvalue weighted by atomic mass is 9.92. The Morgan fingerprint density at radius 3 is 2.58 bits per heavy atom. The van der Waals surface area contributed by atoms with Crippen LogP contribution in [0.4, 0.5) is 5.69 Å². The fraction of sp³-hybridized carbons (Fsp3) is 0.609. The molecule has 0 saturated carbocycles. The van der Waals surface area contributed by atoms with Crippen LogP contribution in [0.15, 0.2) is 18.2 Å². The van der Waals surface area contributed by atoms with Gasteiger partial charge in [0.05, 0.1) is 22.8 Å². The van der Waals surface area contributed by atoms with Gasteiger partial charge in [-0.15, -0.1) is 0 Å². The summed E-state index contributed by atoms with van der Waals surface area (Å²) in [7, 11) is 1.96. The standard InChI is InChI=1S/C23H32N6O2/c1-27-22-17(21(26-27)18-5-6-20(30)25-23(18)31)3-2-4-19(22)29-11-7-16(8-12-29)15-28-13-9-24-10-14-28/h2-4,16,18,24H,5-15H2,1H3,(H,25,30,31). The van der Waals surface area contributed by atoms with Crippen molar-refractivity contribution in [2.24, 2.45) is 13.0 Å². The Bertz CT molecular complexity index is 972. The predicted octanol–water partition coefficient (Wildman–Crippen LogP) is 1.22. The van der Waals surface area contributed by atoms with Crippen molar-refractivity contribution >= 4 is 28.4 Å². The topological polar surface area (TPSA) is 82.5 Å². The molecule has 0 spiro atoms. The van der Waals surface area contributed by atoms with Crippen LogP contribution in [0.25, 0.3) is 10.9 Å². The zero-order valence-electron chi connectivity index (χ0n) is 18.3. The largest absolute Gasteiger partial charge is 0.370 e. The third kappa shape index (κ3) is 4.06. The summed E-state index contributed by atoms with van der Waals surface area (Å²) in [6.45, 7) is 7.86. The second-order valence-electron chi connectivity index (χ2n) is 9.17. The summed E-state index contributed by atoms with van der Waals surface area (Å²) in [5.74, 6) is -0.0122. The molecule has 5 rings (SSSR count). The van der Waals surface area contributed by atoms with Crippen LogP contribution in [0.1, 0.15) is 37.3 Å². The highest BCUT2D eigenvalue weighted by Crippen LogP contribution is 2.36. The Hall–Kier alpha value is -2.45. The van der Waals surface area contributed by atoms with Gasteiger partial charge in [0, 0.05) is 64.7 Å². The maximum Gasteiger partial charge on any atom is 0.235 e. The monoisotopic (exact) mass is 424 g/mol. The van der Waals surface area contributed by atoms with Gasteiger partial charge in [-0.2, -0.15) is 5.10 Å². The number of hydrogen-bond donors (Lipinski definition) is 2. The van der Waals surface area contributed by atoms with Gasteiger partial charge in [-0.05, 0) is 31.2 Å². The van der Waals surface area contributed by atoms with Crippen LogP contribution in [-0.2, 0) is 16.6 Å². The Kier molecular flexibility index (Phi) is 5.67. The molecule has 0 bridgehead atoms. The van der Waals surface area contributed by atoms with Gasteiger partial charge in [0.15, 0.2) is 0 Å². The highest BCUT2D eigenvalue weighted by molar-refractivity contribution is 6.03. The molecule has 2 N–H and O–H groups in total. The highest BCUT2D eigenvalue weighted by Gasteiger charge is 2.32. The molecule has 4 heterocycles. The van der Waals surface area contributed by atoms with Gasteiger partial charge in [0.25, 0.3) is 0 Å². The minimum atomic E-state index is -0.360. The minimum Gasteiger partial charge on any atom is -0.370 e. The van der Waals surface area contributed by atoms with Gasteiger partial charge < -0.3 is 15.1 Å². The Morgan fingerprint density at radius 2 is 1.84 bits per heavy atom. The highest BCUT2D eigenvalue weighted by atomic mass is 16.2. The maximum atomic E-state index is 12.4. The van der Waals surface area contributed by atoms with Gasteiger partial charge in [-0.25, -0.2) is 0 Å². The molecule has 1 aromatic heterocycles. The molecular formula is C23H32N6O2. The number of nitrogens with one attached hydrogen (secondary N) is 2. The zero-order chi connectivity index (χ0) is 21.4. The van der Waals surface area contributed by atoms with E-state index in [0.717, 1.165) is 61.8 Å². The third-order valence-electron chi connectivity index (χ3n) is 7.12. The average Bonchev–Trinajstić information content (AvgIpc) is 3.12. The van der Waals surface area contributed by atoms with Gasteiger partial charge in [0.2, 0.25) is 11.8 Å². The molecule has 3 saturated heterocycles. The van der Waals surface area contributed by atoms with Crippen molar-refractivity contribution in [1.29, 1.82) is 0 Å². The quantitative estimate of drug-likeness (QED) is 0.718. The number of piperidine rings is 2. The van der Waals surface area contributed by atoms with E-state index in [-0.39, 0.29) is 17.7 Å². The van der Waals surface area contributed by atoms with Crippen LogP contribution in [-0.4, -0.2) is 72.3 Å². The van der Waals surface area contributed by atoms with E-state index in [1.165, 1.54) is 25.1 Å². The first-order chi connectivity index (χ1) is 15.1. The SMILES string of the molecule is Cn1nc(C2CCC(=O)NC2=O)c2cccc(N3CCC(CN4CCNCC4)CC3)c21. The molecule has 3 fully saturated rings. The second-order valence-corrected chi connectivity index (χ2v) is 9.17. The van der Waals surface area contributed by atoms with E-state index in [1.807, 2.05) is 11.7 Å². The van der Waals surface area contributed by atoms with E-state index >= 15 is 0 Å². The lowest BCUT2D eigenvalue weighted by molar-refractivity contribution is -0.134. The molecule has 166 valence electrons. The van der Waals surface area contributed by atoms with Crippen molar-refractivity contribution in [1.82, 2.24) is 25.3 Å². The molecule has 1 atom stereocenters. The number of anilines is 1. The Morgan fingerprint density at radius 1 is 1.06 bits per heavy atom.